The van der Waals surface area contributed by atoms with Crippen molar-refractivity contribution in [3.8, 4) is 0 Å². The van der Waals surface area contributed by atoms with Crippen molar-refractivity contribution in [1.29, 1.82) is 0 Å². The van der Waals surface area contributed by atoms with E-state index in [4.69, 9.17) is 31.6 Å². The van der Waals surface area contributed by atoms with Crippen LogP contribution < -0.4 is 0 Å². The average molecular weight is 243 g/mol. The van der Waals surface area contributed by atoms with Gasteiger partial charge in [0.25, 0.3) is 8.14 Å². The molecule has 2 fully saturated rings. The van der Waals surface area contributed by atoms with E-state index in [2.05, 4.69) is 0 Å². The maximum absolute atomic E-state index is 4.94. The number of hydrogen-bond donors (Lipinski definition) is 0. The van der Waals surface area contributed by atoms with Crippen LogP contribution in [0.2, 0.25) is 0 Å². The first-order chi connectivity index (χ1) is 6.41. The zero-order chi connectivity index (χ0) is 9.78. The predicted molar refractivity (Wildman–Crippen MR) is 57.6 cm³/mol. The average Bonchev–Trinajstić information content (AvgIpc) is 2.85. The Balaban J connectivity index is 0.000000174. The second-order valence-electron chi connectivity index (χ2n) is 2.71. The van der Waals surface area contributed by atoms with Crippen LogP contribution >= 0.6 is 22.2 Å². The van der Waals surface area contributed by atoms with Crippen LogP contribution in [-0.2, 0) is 9.47 Å². The van der Waals surface area contributed by atoms with Gasteiger partial charge in [0.05, 0.1) is 0 Å². The molecule has 78 valence electrons. The molecule has 0 aromatic carbocycles. The predicted octanol–water partition coefficient (Wildman–Crippen LogP) is 2.59. The first-order valence-electron chi connectivity index (χ1n) is 4.53. The van der Waals surface area contributed by atoms with Crippen molar-refractivity contribution >= 4 is 30.3 Å². The Morgan fingerprint density at radius 1 is 0.692 bits per heavy atom. The van der Waals surface area contributed by atoms with Crippen LogP contribution in [0.4, 0.5) is 0 Å². The molecule has 0 aliphatic carbocycles. The summed E-state index contributed by atoms with van der Waals surface area (Å²) in [5.74, 6) is 0. The van der Waals surface area contributed by atoms with Crippen molar-refractivity contribution in [3.63, 3.8) is 0 Å². The molecule has 2 rings (SSSR count). The van der Waals surface area contributed by atoms with E-state index < -0.39 is 0 Å². The molecule has 2 heterocycles. The van der Waals surface area contributed by atoms with Gasteiger partial charge in [-0.3, -0.25) is 0 Å². The smallest absolute Gasteiger partial charge is 0.295 e. The molecule has 0 saturated carbocycles. The molecule has 2 radical (unpaired) electrons. The van der Waals surface area contributed by atoms with Crippen molar-refractivity contribution in [2.45, 2.75) is 25.7 Å². The second kappa shape index (κ2) is 12.7. The minimum absolute atomic E-state index is 0.0278. The fourth-order valence-electron chi connectivity index (χ4n) is 1.02. The Morgan fingerprint density at radius 3 is 1.00 bits per heavy atom. The third kappa shape index (κ3) is 12.7. The van der Waals surface area contributed by atoms with Crippen LogP contribution in [-0.4, -0.2) is 34.6 Å². The van der Waals surface area contributed by atoms with E-state index >= 15 is 0 Å². The molecule has 0 bridgehead atoms. The van der Waals surface area contributed by atoms with Crippen LogP contribution in [0.15, 0.2) is 0 Å². The van der Waals surface area contributed by atoms with Gasteiger partial charge < -0.3 is 9.47 Å². The third-order valence-corrected chi connectivity index (χ3v) is 1.65. The Hall–Kier alpha value is 0.717. The summed E-state index contributed by atoms with van der Waals surface area (Å²) < 4.78 is 9.89. The minimum atomic E-state index is 0.0278. The third-order valence-electron chi connectivity index (χ3n) is 1.65. The highest BCUT2D eigenvalue weighted by Gasteiger charge is 1.95. The molecule has 2 aliphatic rings. The van der Waals surface area contributed by atoms with E-state index in [9.17, 15) is 0 Å². The van der Waals surface area contributed by atoms with Gasteiger partial charge >= 0.3 is 0 Å². The highest BCUT2D eigenvalue weighted by atomic mass is 35.7. The van der Waals surface area contributed by atoms with Gasteiger partial charge in [-0.1, -0.05) is 0 Å². The van der Waals surface area contributed by atoms with Crippen molar-refractivity contribution in [1.82, 2.24) is 0 Å². The van der Waals surface area contributed by atoms with Crippen molar-refractivity contribution in [2.24, 2.45) is 0 Å². The first-order valence-corrected chi connectivity index (χ1v) is 7.56. The van der Waals surface area contributed by atoms with E-state index in [1.165, 1.54) is 25.7 Å². The lowest BCUT2D eigenvalue weighted by molar-refractivity contribution is 0.198. The van der Waals surface area contributed by atoms with Gasteiger partial charge in [0.15, 0.2) is 0 Å². The fraction of sp³-hybridized carbons (Fsp3) is 1.00. The molecule has 0 aromatic rings. The van der Waals surface area contributed by atoms with E-state index in [1.807, 2.05) is 0 Å². The number of rotatable bonds is 0. The van der Waals surface area contributed by atoms with Gasteiger partial charge in [-0.05, 0) is 25.7 Å². The van der Waals surface area contributed by atoms with Crippen molar-refractivity contribution in [2.75, 3.05) is 26.4 Å². The molecule has 13 heavy (non-hydrogen) atoms. The summed E-state index contributed by atoms with van der Waals surface area (Å²) in [6.07, 6.45) is 5.11. The summed E-state index contributed by atoms with van der Waals surface area (Å²) in [5.41, 5.74) is 0. The Bertz CT molecular complexity index is 63.0. The van der Waals surface area contributed by atoms with Crippen LogP contribution in [0.25, 0.3) is 0 Å². The van der Waals surface area contributed by atoms with Gasteiger partial charge in [0.2, 0.25) is 0 Å². The molecule has 2 saturated heterocycles. The molecule has 5 heteroatoms. The SMILES string of the molecule is C1CCOC1.C1CCOC1.Cl[Si]Cl. The molecule has 0 unspecified atom stereocenters. The maximum atomic E-state index is 4.94. The van der Waals surface area contributed by atoms with Crippen LogP contribution in [0, 0.1) is 0 Å². The molecule has 0 N–H and O–H groups in total. The topological polar surface area (TPSA) is 18.5 Å². The van der Waals surface area contributed by atoms with Crippen LogP contribution in [0.1, 0.15) is 25.7 Å². The summed E-state index contributed by atoms with van der Waals surface area (Å²) in [4.78, 5) is 0. The summed E-state index contributed by atoms with van der Waals surface area (Å²) in [7, 11) is 0.0278. The van der Waals surface area contributed by atoms with Crippen molar-refractivity contribution < 1.29 is 9.47 Å². The highest BCUT2D eigenvalue weighted by Crippen LogP contribution is 1.98. The minimum Gasteiger partial charge on any atom is -0.381 e. The largest absolute Gasteiger partial charge is 0.381 e. The lowest BCUT2D eigenvalue weighted by Crippen LogP contribution is -1.74. The molecule has 2 nitrogen and oxygen atoms in total. The zero-order valence-corrected chi connectivity index (χ0v) is 10.2. The fourth-order valence-corrected chi connectivity index (χ4v) is 1.02. The molecule has 0 amide bonds. The van der Waals surface area contributed by atoms with Gasteiger partial charge in [-0.2, -0.15) is 0 Å². The van der Waals surface area contributed by atoms with E-state index in [0.29, 0.717) is 0 Å². The van der Waals surface area contributed by atoms with E-state index in [1.54, 1.807) is 0 Å². The quantitative estimate of drug-likeness (QED) is 0.481. The summed E-state index contributed by atoms with van der Waals surface area (Å²) in [6.45, 7) is 4.00. The van der Waals surface area contributed by atoms with Gasteiger partial charge in [-0.25, -0.2) is 0 Å². The first kappa shape index (κ1) is 13.7. The molecule has 0 aromatic heterocycles. The lowest BCUT2D eigenvalue weighted by atomic mass is 10.4. The molecule has 2 aliphatic heterocycles. The number of halogens is 2. The number of ether oxygens (including phenoxy) is 2. The maximum Gasteiger partial charge on any atom is 0.295 e. The zero-order valence-electron chi connectivity index (χ0n) is 7.73. The molecular weight excluding hydrogens is 227 g/mol. The number of hydrogen-bond acceptors (Lipinski definition) is 2. The molecular formula is C8H16Cl2O2Si. The Morgan fingerprint density at radius 2 is 0.923 bits per heavy atom. The molecule has 0 spiro atoms. The van der Waals surface area contributed by atoms with Gasteiger partial charge in [-0.15, -0.1) is 22.2 Å². The van der Waals surface area contributed by atoms with Gasteiger partial charge in [0.1, 0.15) is 0 Å². The second-order valence-corrected chi connectivity index (χ2v) is 4.57. The highest BCUT2D eigenvalue weighted by molar-refractivity contribution is 7.22. The normalized spacial score (nSPS) is 19.8. The van der Waals surface area contributed by atoms with E-state index in [0.717, 1.165) is 26.4 Å². The van der Waals surface area contributed by atoms with Crippen LogP contribution in [0.3, 0.4) is 0 Å². The summed E-state index contributed by atoms with van der Waals surface area (Å²) in [6, 6.07) is 0. The molecule has 0 atom stereocenters. The summed E-state index contributed by atoms with van der Waals surface area (Å²) in [5, 5.41) is 0. The van der Waals surface area contributed by atoms with Crippen LogP contribution in [0.5, 0.6) is 0 Å². The lowest BCUT2D eigenvalue weighted by Gasteiger charge is -1.76. The summed E-state index contributed by atoms with van der Waals surface area (Å²) >= 11 is 9.58. The van der Waals surface area contributed by atoms with Gasteiger partial charge in [0, 0.05) is 26.4 Å². The Kier molecular flexibility index (Phi) is 13.4. The van der Waals surface area contributed by atoms with Crippen molar-refractivity contribution in [3.05, 3.63) is 0 Å². The Labute approximate surface area is 92.1 Å². The standard InChI is InChI=1S/2C4H8O.Cl2Si/c2*1-2-4-5-3-1;1-3-2/h2*1-4H2;. The monoisotopic (exact) mass is 242 g/mol. The van der Waals surface area contributed by atoms with E-state index in [-0.39, 0.29) is 8.14 Å².